The Labute approximate surface area is 250 Å². The van der Waals surface area contributed by atoms with Crippen molar-refractivity contribution in [1.82, 2.24) is 14.8 Å². The van der Waals surface area contributed by atoms with E-state index in [4.69, 9.17) is 4.74 Å². The van der Waals surface area contributed by atoms with Gasteiger partial charge < -0.3 is 15.0 Å². The molecule has 0 radical (unpaired) electrons. The minimum atomic E-state index is -4.53. The monoisotopic (exact) mass is 615 g/mol. The molecule has 232 valence electrons. The molecule has 8 nitrogen and oxygen atoms in total. The van der Waals surface area contributed by atoms with Gasteiger partial charge in [-0.05, 0) is 48.0 Å². The lowest BCUT2D eigenvalue weighted by molar-refractivity contribution is -0.137. The van der Waals surface area contributed by atoms with E-state index in [1.54, 1.807) is 12.1 Å². The molecule has 5 rings (SSSR count). The van der Waals surface area contributed by atoms with Crippen molar-refractivity contribution in [1.29, 1.82) is 0 Å². The van der Waals surface area contributed by atoms with E-state index in [9.17, 15) is 31.5 Å². The number of hydrazone groups is 1. The molecule has 0 aliphatic carbocycles. The van der Waals surface area contributed by atoms with Gasteiger partial charge in [0.15, 0.2) is 0 Å². The van der Waals surface area contributed by atoms with Crippen LogP contribution in [-0.2, 0) is 15.7 Å². The summed E-state index contributed by atoms with van der Waals surface area (Å²) in [4.78, 5) is 30.5. The first-order chi connectivity index (χ1) is 21.1. The van der Waals surface area contributed by atoms with Crippen molar-refractivity contribution >= 4 is 23.3 Å². The molecule has 3 aromatic rings. The SMILES string of the molecule is O=C(Nc1ccc(C(F)(F)F)cc1)N(CCN1CCOCC1)CC(=O)N1N=C(c2ccc(F)cc2)C[C@@H]1c1ccccc1F. The number of halogens is 5. The summed E-state index contributed by atoms with van der Waals surface area (Å²) in [7, 11) is 0. The lowest BCUT2D eigenvalue weighted by Gasteiger charge is -2.31. The Hall–Kier alpha value is -4.36. The van der Waals surface area contributed by atoms with Crippen LogP contribution in [-0.4, -0.2) is 78.4 Å². The zero-order chi connectivity index (χ0) is 31.3. The van der Waals surface area contributed by atoms with Gasteiger partial charge in [-0.1, -0.05) is 30.3 Å². The fraction of sp³-hybridized carbons (Fsp3) is 0.323. The Bertz CT molecular complexity index is 1490. The topological polar surface area (TPSA) is 77.5 Å². The molecule has 1 saturated heterocycles. The summed E-state index contributed by atoms with van der Waals surface area (Å²) in [6.45, 7) is 2.40. The lowest BCUT2D eigenvalue weighted by atomic mass is 9.98. The fourth-order valence-electron chi connectivity index (χ4n) is 5.06. The standard InChI is InChI=1S/C31H30F5N5O3/c32-23-9-5-21(6-10-23)27-19-28(25-3-1-2-4-26(25)33)41(38-27)29(42)20-40(14-13-39-15-17-44-18-16-39)30(43)37-24-11-7-22(8-12-24)31(34,35)36/h1-12,28H,13-20H2,(H,37,43)/t28-/m1/s1. The van der Waals surface area contributed by atoms with Gasteiger partial charge >= 0.3 is 12.2 Å². The van der Waals surface area contributed by atoms with Crippen LogP contribution in [0.5, 0.6) is 0 Å². The van der Waals surface area contributed by atoms with Crippen LogP contribution in [0.1, 0.15) is 29.2 Å². The molecule has 0 unspecified atom stereocenters. The third kappa shape index (κ3) is 7.58. The number of carbonyl (C=O) groups is 2. The number of carbonyl (C=O) groups excluding carboxylic acids is 2. The van der Waals surface area contributed by atoms with Gasteiger partial charge in [-0.25, -0.2) is 18.6 Å². The maximum absolute atomic E-state index is 14.9. The average Bonchev–Trinajstić information content (AvgIpc) is 3.45. The summed E-state index contributed by atoms with van der Waals surface area (Å²) in [5.74, 6) is -1.57. The third-order valence-corrected chi connectivity index (χ3v) is 7.47. The van der Waals surface area contributed by atoms with E-state index >= 15 is 0 Å². The van der Waals surface area contributed by atoms with Crippen molar-refractivity contribution in [3.8, 4) is 0 Å². The second-order valence-electron chi connectivity index (χ2n) is 10.4. The number of rotatable bonds is 8. The van der Waals surface area contributed by atoms with Gasteiger partial charge in [-0.3, -0.25) is 9.69 Å². The molecule has 13 heteroatoms. The minimum absolute atomic E-state index is 0.116. The zero-order valence-electron chi connectivity index (χ0n) is 23.6. The summed E-state index contributed by atoms with van der Waals surface area (Å²) in [5.41, 5.74) is 0.496. The number of hydrogen-bond acceptors (Lipinski definition) is 5. The predicted molar refractivity (Wildman–Crippen MR) is 153 cm³/mol. The van der Waals surface area contributed by atoms with Crippen LogP contribution in [0, 0.1) is 11.6 Å². The highest BCUT2D eigenvalue weighted by atomic mass is 19.4. The summed E-state index contributed by atoms with van der Waals surface area (Å²) in [5, 5.41) is 8.20. The van der Waals surface area contributed by atoms with Gasteiger partial charge in [0.05, 0.1) is 30.5 Å². The number of alkyl halides is 3. The number of amides is 3. The van der Waals surface area contributed by atoms with Crippen LogP contribution in [0.3, 0.4) is 0 Å². The minimum Gasteiger partial charge on any atom is -0.379 e. The number of urea groups is 1. The Morgan fingerprint density at radius 1 is 0.955 bits per heavy atom. The van der Waals surface area contributed by atoms with E-state index < -0.39 is 47.9 Å². The molecular weight excluding hydrogens is 585 g/mol. The van der Waals surface area contributed by atoms with E-state index in [1.807, 2.05) is 0 Å². The normalized spacial score (nSPS) is 17.3. The van der Waals surface area contributed by atoms with Crippen LogP contribution in [0.4, 0.5) is 32.4 Å². The van der Waals surface area contributed by atoms with E-state index in [0.29, 0.717) is 44.1 Å². The van der Waals surface area contributed by atoms with Crippen molar-refractivity contribution in [2.75, 3.05) is 51.3 Å². The van der Waals surface area contributed by atoms with E-state index in [-0.39, 0.29) is 24.2 Å². The summed E-state index contributed by atoms with van der Waals surface area (Å²) in [6.07, 6.45) is -4.37. The average molecular weight is 616 g/mol. The molecule has 1 atom stereocenters. The van der Waals surface area contributed by atoms with Crippen LogP contribution in [0.2, 0.25) is 0 Å². The van der Waals surface area contributed by atoms with Gasteiger partial charge in [-0.15, -0.1) is 0 Å². The highest BCUT2D eigenvalue weighted by molar-refractivity contribution is 6.03. The molecule has 3 amide bonds. The van der Waals surface area contributed by atoms with E-state index in [0.717, 1.165) is 29.3 Å². The van der Waals surface area contributed by atoms with Gasteiger partial charge in [0.1, 0.15) is 18.2 Å². The van der Waals surface area contributed by atoms with Gasteiger partial charge in [-0.2, -0.15) is 18.3 Å². The molecule has 0 saturated carbocycles. The predicted octanol–water partition coefficient (Wildman–Crippen LogP) is 5.53. The Balaban J connectivity index is 1.38. The van der Waals surface area contributed by atoms with E-state index in [2.05, 4.69) is 15.3 Å². The maximum atomic E-state index is 14.9. The highest BCUT2D eigenvalue weighted by Gasteiger charge is 2.36. The van der Waals surface area contributed by atoms with Crippen molar-refractivity contribution < 1.29 is 36.3 Å². The number of benzene rings is 3. The smallest absolute Gasteiger partial charge is 0.379 e. The molecule has 1 N–H and O–H groups in total. The number of nitrogens with one attached hydrogen (secondary N) is 1. The zero-order valence-corrected chi connectivity index (χ0v) is 23.6. The Kier molecular flexibility index (Phi) is 9.55. The van der Waals surface area contributed by atoms with Crippen molar-refractivity contribution in [3.63, 3.8) is 0 Å². The highest BCUT2D eigenvalue weighted by Crippen LogP contribution is 2.34. The largest absolute Gasteiger partial charge is 0.416 e. The maximum Gasteiger partial charge on any atom is 0.416 e. The summed E-state index contributed by atoms with van der Waals surface area (Å²) in [6, 6.07) is 14.0. The molecule has 0 spiro atoms. The Morgan fingerprint density at radius 2 is 1.64 bits per heavy atom. The van der Waals surface area contributed by atoms with Crippen LogP contribution in [0.25, 0.3) is 0 Å². The van der Waals surface area contributed by atoms with Crippen LogP contribution >= 0.6 is 0 Å². The third-order valence-electron chi connectivity index (χ3n) is 7.47. The molecule has 3 aromatic carbocycles. The quantitative estimate of drug-likeness (QED) is 0.339. The Morgan fingerprint density at radius 3 is 2.30 bits per heavy atom. The number of nitrogens with zero attached hydrogens (tertiary/aromatic N) is 4. The number of hydrogen-bond donors (Lipinski definition) is 1. The van der Waals surface area contributed by atoms with Crippen LogP contribution < -0.4 is 5.32 Å². The molecule has 0 aromatic heterocycles. The summed E-state index contributed by atoms with van der Waals surface area (Å²) < 4.78 is 72.9. The van der Waals surface area contributed by atoms with Crippen molar-refractivity contribution in [2.24, 2.45) is 5.10 Å². The fourth-order valence-corrected chi connectivity index (χ4v) is 5.06. The first kappa shape index (κ1) is 31.1. The second-order valence-corrected chi connectivity index (χ2v) is 10.4. The first-order valence-electron chi connectivity index (χ1n) is 14.0. The molecule has 1 fully saturated rings. The molecule has 2 heterocycles. The van der Waals surface area contributed by atoms with Crippen molar-refractivity contribution in [3.05, 3.63) is 101 Å². The van der Waals surface area contributed by atoms with Gasteiger partial charge in [0.2, 0.25) is 0 Å². The molecule has 0 bridgehead atoms. The molecule has 2 aliphatic heterocycles. The molecule has 2 aliphatic rings. The lowest BCUT2D eigenvalue weighted by Crippen LogP contribution is -2.47. The van der Waals surface area contributed by atoms with Gasteiger partial charge in [0, 0.05) is 43.9 Å². The number of anilines is 1. The van der Waals surface area contributed by atoms with Crippen LogP contribution in [0.15, 0.2) is 77.9 Å². The number of ether oxygens (including phenoxy) is 1. The molecule has 44 heavy (non-hydrogen) atoms. The summed E-state index contributed by atoms with van der Waals surface area (Å²) >= 11 is 0. The van der Waals surface area contributed by atoms with Gasteiger partial charge in [0.25, 0.3) is 5.91 Å². The second kappa shape index (κ2) is 13.5. The van der Waals surface area contributed by atoms with Crippen molar-refractivity contribution in [2.45, 2.75) is 18.6 Å². The molecular formula is C31H30F5N5O3. The number of morpholine rings is 1. The van der Waals surface area contributed by atoms with E-state index in [1.165, 1.54) is 41.3 Å². The first-order valence-corrected chi connectivity index (χ1v) is 14.0.